The van der Waals surface area contributed by atoms with Gasteiger partial charge in [-0.25, -0.2) is 13.4 Å². The molecule has 0 unspecified atom stereocenters. The molecule has 0 aliphatic carbocycles. The molecule has 0 bridgehead atoms. The molecule has 14 heavy (non-hydrogen) atoms. The molecule has 1 heterocycles. The number of aliphatic carboxylic acids is 1. The van der Waals surface area contributed by atoms with E-state index in [1.54, 1.807) is 0 Å². The predicted molar refractivity (Wildman–Crippen MR) is 49.9 cm³/mol. The lowest BCUT2D eigenvalue weighted by molar-refractivity contribution is -0.143. The minimum Gasteiger partial charge on any atom is -0.481 e. The van der Waals surface area contributed by atoms with Gasteiger partial charge in [0.2, 0.25) is 10.0 Å². The summed E-state index contributed by atoms with van der Waals surface area (Å²) in [7, 11) is -3.29. The molecule has 2 N–H and O–H groups in total. The van der Waals surface area contributed by atoms with E-state index in [1.165, 1.54) is 5.01 Å². The van der Waals surface area contributed by atoms with Gasteiger partial charge in [0, 0.05) is 13.1 Å². The molecule has 1 aliphatic heterocycles. The molecule has 6 nitrogen and oxygen atoms in total. The smallest absolute Gasteiger partial charge is 0.307 e. The third-order valence-electron chi connectivity index (χ3n) is 2.07. The molecule has 1 atom stereocenters. The van der Waals surface area contributed by atoms with Gasteiger partial charge in [-0.05, 0) is 12.8 Å². The second kappa shape index (κ2) is 4.24. The number of rotatable bonds is 3. The number of hydrogen-bond acceptors (Lipinski definition) is 4. The van der Waals surface area contributed by atoms with E-state index in [0.29, 0.717) is 19.4 Å². The summed E-state index contributed by atoms with van der Waals surface area (Å²) >= 11 is 0. The third kappa shape index (κ3) is 3.60. The molecule has 0 spiro atoms. The van der Waals surface area contributed by atoms with Crippen LogP contribution in [0.2, 0.25) is 0 Å². The van der Waals surface area contributed by atoms with E-state index in [2.05, 4.69) is 4.83 Å². The van der Waals surface area contributed by atoms with Crippen molar-refractivity contribution in [1.82, 2.24) is 9.84 Å². The summed E-state index contributed by atoms with van der Waals surface area (Å²) in [6.07, 6.45) is 2.36. The molecular weight excluding hydrogens is 208 g/mol. The lowest BCUT2D eigenvalue weighted by atomic mass is 10.00. The number of sulfonamides is 1. The standard InChI is InChI=1S/C7H14N2O4S/c1-14(12,13)8-9-4-2-3-6(5-9)7(10)11/h6,8H,2-5H2,1H3,(H,10,11)/t6-/m0/s1. The maximum absolute atomic E-state index is 10.9. The van der Waals surface area contributed by atoms with Crippen LogP contribution >= 0.6 is 0 Å². The van der Waals surface area contributed by atoms with Crippen LogP contribution in [0, 0.1) is 5.92 Å². The van der Waals surface area contributed by atoms with Crippen LogP contribution in [0.4, 0.5) is 0 Å². The minimum atomic E-state index is -3.29. The Balaban J connectivity index is 2.52. The Bertz CT molecular complexity index is 314. The molecule has 1 saturated heterocycles. The summed E-state index contributed by atoms with van der Waals surface area (Å²) in [4.78, 5) is 12.9. The Morgan fingerprint density at radius 3 is 2.71 bits per heavy atom. The first-order valence-electron chi connectivity index (χ1n) is 4.33. The van der Waals surface area contributed by atoms with E-state index < -0.39 is 21.9 Å². The maximum atomic E-state index is 10.9. The van der Waals surface area contributed by atoms with Crippen molar-refractivity contribution in [3.63, 3.8) is 0 Å². The lowest BCUT2D eigenvalue weighted by Gasteiger charge is -2.29. The average molecular weight is 222 g/mol. The van der Waals surface area contributed by atoms with E-state index in [1.807, 2.05) is 0 Å². The maximum Gasteiger partial charge on any atom is 0.307 e. The molecular formula is C7H14N2O4S. The van der Waals surface area contributed by atoms with Crippen molar-refractivity contribution in [1.29, 1.82) is 0 Å². The molecule has 0 radical (unpaired) electrons. The van der Waals surface area contributed by atoms with Gasteiger partial charge >= 0.3 is 5.97 Å². The fourth-order valence-electron chi connectivity index (χ4n) is 1.50. The number of hydrazine groups is 1. The number of nitrogens with one attached hydrogen (secondary N) is 1. The van der Waals surface area contributed by atoms with Crippen molar-refractivity contribution in [2.45, 2.75) is 12.8 Å². The Morgan fingerprint density at radius 1 is 1.57 bits per heavy atom. The summed E-state index contributed by atoms with van der Waals surface area (Å²) in [5.74, 6) is -1.34. The fourth-order valence-corrected chi connectivity index (χ4v) is 2.13. The topological polar surface area (TPSA) is 86.7 Å². The molecule has 0 aromatic heterocycles. The van der Waals surface area contributed by atoms with E-state index in [0.717, 1.165) is 6.26 Å². The summed E-state index contributed by atoms with van der Waals surface area (Å²) in [5, 5.41) is 10.2. The van der Waals surface area contributed by atoms with Gasteiger partial charge in [-0.1, -0.05) is 0 Å². The highest BCUT2D eigenvalue weighted by molar-refractivity contribution is 7.88. The van der Waals surface area contributed by atoms with E-state index >= 15 is 0 Å². The quantitative estimate of drug-likeness (QED) is 0.656. The van der Waals surface area contributed by atoms with Crippen molar-refractivity contribution in [2.75, 3.05) is 19.3 Å². The second-order valence-corrected chi connectivity index (χ2v) is 5.21. The monoisotopic (exact) mass is 222 g/mol. The molecule has 1 aliphatic rings. The molecule has 0 amide bonds. The Kier molecular flexibility index (Phi) is 3.46. The number of carboxylic acid groups (broad SMARTS) is 1. The second-order valence-electron chi connectivity index (χ2n) is 3.49. The average Bonchev–Trinajstić information content (AvgIpc) is 2.01. The van der Waals surface area contributed by atoms with Gasteiger partial charge in [0.15, 0.2) is 0 Å². The van der Waals surface area contributed by atoms with Gasteiger partial charge in [0.1, 0.15) is 0 Å². The SMILES string of the molecule is CS(=O)(=O)NN1CCC[C@H](C(=O)O)C1. The molecule has 1 fully saturated rings. The zero-order chi connectivity index (χ0) is 10.8. The van der Waals surface area contributed by atoms with Gasteiger partial charge in [-0.3, -0.25) is 4.79 Å². The van der Waals surface area contributed by atoms with Crippen LogP contribution < -0.4 is 4.83 Å². The van der Waals surface area contributed by atoms with Crippen molar-refractivity contribution in [3.05, 3.63) is 0 Å². The highest BCUT2D eigenvalue weighted by Gasteiger charge is 2.26. The van der Waals surface area contributed by atoms with Crippen LogP contribution in [0.3, 0.4) is 0 Å². The molecule has 0 aromatic carbocycles. The van der Waals surface area contributed by atoms with Crippen molar-refractivity contribution < 1.29 is 18.3 Å². The number of hydrogen-bond donors (Lipinski definition) is 2. The normalized spacial score (nSPS) is 24.8. The van der Waals surface area contributed by atoms with E-state index in [4.69, 9.17) is 5.11 Å². The lowest BCUT2D eigenvalue weighted by Crippen LogP contribution is -2.48. The minimum absolute atomic E-state index is 0.238. The fraction of sp³-hybridized carbons (Fsp3) is 0.857. The molecule has 0 aromatic rings. The van der Waals surface area contributed by atoms with E-state index in [9.17, 15) is 13.2 Å². The van der Waals surface area contributed by atoms with Crippen LogP contribution in [-0.4, -0.2) is 43.8 Å². The first-order chi connectivity index (χ1) is 6.38. The summed E-state index contributed by atoms with van der Waals surface area (Å²) in [6, 6.07) is 0. The summed E-state index contributed by atoms with van der Waals surface area (Å²) in [5.41, 5.74) is 0. The van der Waals surface area contributed by atoms with Crippen molar-refractivity contribution in [3.8, 4) is 0 Å². The number of carbonyl (C=O) groups is 1. The summed E-state index contributed by atoms with van der Waals surface area (Å²) in [6.45, 7) is 0.805. The van der Waals surface area contributed by atoms with Crippen LogP contribution in [0.25, 0.3) is 0 Å². The highest BCUT2D eigenvalue weighted by atomic mass is 32.2. The number of nitrogens with zero attached hydrogens (tertiary/aromatic N) is 1. The Morgan fingerprint density at radius 2 is 2.21 bits per heavy atom. The zero-order valence-corrected chi connectivity index (χ0v) is 8.75. The van der Waals surface area contributed by atoms with Crippen LogP contribution in [0.5, 0.6) is 0 Å². The number of piperidine rings is 1. The van der Waals surface area contributed by atoms with Gasteiger partial charge < -0.3 is 5.11 Å². The van der Waals surface area contributed by atoms with Gasteiger partial charge in [-0.2, -0.15) is 0 Å². The van der Waals surface area contributed by atoms with Gasteiger partial charge in [-0.15, -0.1) is 4.83 Å². The number of carboxylic acids is 1. The Labute approximate surface area is 82.9 Å². The van der Waals surface area contributed by atoms with Crippen LogP contribution in [0.1, 0.15) is 12.8 Å². The van der Waals surface area contributed by atoms with Crippen molar-refractivity contribution in [2.24, 2.45) is 5.92 Å². The summed E-state index contributed by atoms with van der Waals surface area (Å²) < 4.78 is 21.8. The zero-order valence-electron chi connectivity index (χ0n) is 7.93. The first-order valence-corrected chi connectivity index (χ1v) is 6.23. The van der Waals surface area contributed by atoms with Crippen LogP contribution in [0.15, 0.2) is 0 Å². The third-order valence-corrected chi connectivity index (χ3v) is 2.66. The van der Waals surface area contributed by atoms with Crippen molar-refractivity contribution >= 4 is 16.0 Å². The van der Waals surface area contributed by atoms with Crippen LogP contribution in [-0.2, 0) is 14.8 Å². The van der Waals surface area contributed by atoms with Gasteiger partial charge in [0.25, 0.3) is 0 Å². The Hall–Kier alpha value is -0.660. The largest absolute Gasteiger partial charge is 0.481 e. The van der Waals surface area contributed by atoms with E-state index in [-0.39, 0.29) is 6.54 Å². The molecule has 1 rings (SSSR count). The highest BCUT2D eigenvalue weighted by Crippen LogP contribution is 2.14. The molecule has 7 heteroatoms. The first kappa shape index (κ1) is 11.4. The predicted octanol–water partition coefficient (Wildman–Crippen LogP) is -0.753. The molecule has 0 saturated carbocycles. The molecule has 82 valence electrons. The van der Waals surface area contributed by atoms with Gasteiger partial charge in [0.05, 0.1) is 12.2 Å².